The van der Waals surface area contributed by atoms with Gasteiger partial charge in [-0.05, 0) is 50.5 Å². The summed E-state index contributed by atoms with van der Waals surface area (Å²) in [5.41, 5.74) is 4.66. The Bertz CT molecular complexity index is 1550. The van der Waals surface area contributed by atoms with Gasteiger partial charge in [-0.15, -0.1) is 0 Å². The van der Waals surface area contributed by atoms with Crippen LogP contribution in [0.25, 0.3) is 33.7 Å². The zero-order valence-corrected chi connectivity index (χ0v) is 21.5. The second-order valence-electron chi connectivity index (χ2n) is 9.68. The summed E-state index contributed by atoms with van der Waals surface area (Å²) in [5, 5.41) is 12.4. The van der Waals surface area contributed by atoms with E-state index in [2.05, 4.69) is 25.5 Å². The van der Waals surface area contributed by atoms with Gasteiger partial charge in [-0.2, -0.15) is 10.1 Å². The smallest absolute Gasteiger partial charge is 0.252 e. The third kappa shape index (κ3) is 4.72. The third-order valence-corrected chi connectivity index (χ3v) is 6.30. The molecule has 1 atom stereocenters. The van der Waals surface area contributed by atoms with Crippen molar-refractivity contribution in [2.45, 2.75) is 46.7 Å². The monoisotopic (exact) mass is 495 g/mol. The molecule has 0 saturated carbocycles. The molecular formula is C28H29N7O2. The van der Waals surface area contributed by atoms with Gasteiger partial charge in [-0.1, -0.05) is 43.3 Å². The average molecular weight is 496 g/mol. The molecule has 37 heavy (non-hydrogen) atoms. The van der Waals surface area contributed by atoms with Gasteiger partial charge in [0.2, 0.25) is 11.7 Å². The van der Waals surface area contributed by atoms with Crippen LogP contribution in [-0.4, -0.2) is 35.8 Å². The van der Waals surface area contributed by atoms with Crippen molar-refractivity contribution in [2.24, 2.45) is 5.92 Å². The first-order chi connectivity index (χ1) is 17.8. The lowest BCUT2D eigenvalue weighted by atomic mass is 10.0. The molecule has 0 fully saturated rings. The Hall–Kier alpha value is -4.40. The molecule has 9 heteroatoms. The van der Waals surface area contributed by atoms with Crippen molar-refractivity contribution >= 4 is 16.9 Å². The number of aryl methyl sites for hydroxylation is 1. The van der Waals surface area contributed by atoms with Crippen LogP contribution in [0, 0.1) is 12.8 Å². The van der Waals surface area contributed by atoms with E-state index in [4.69, 9.17) is 9.51 Å². The van der Waals surface area contributed by atoms with Crippen molar-refractivity contribution in [3.05, 3.63) is 78.1 Å². The molecule has 0 bridgehead atoms. The minimum Gasteiger partial charge on any atom is -0.340 e. The summed E-state index contributed by atoms with van der Waals surface area (Å²) in [7, 11) is 0. The zero-order chi connectivity index (χ0) is 26.1. The summed E-state index contributed by atoms with van der Waals surface area (Å²) < 4.78 is 7.42. The Balaban J connectivity index is 1.55. The normalized spacial score (nSPS) is 12.4. The molecule has 0 saturated heterocycles. The number of benzene rings is 1. The molecule has 1 unspecified atom stereocenters. The molecule has 4 aromatic heterocycles. The number of nitrogens with zero attached hydrogens (tertiary/aromatic N) is 6. The standard InChI is InChI=1S/C28H29N7O2/c1-16(2)24(28-33-25(34-37-28)19-10-8-12-29-14-19)32-27(36)21-13-23(20-11-7-6-9-18(20)5)31-26-22(21)15-30-35(26)17(3)4/h6-17,24H,1-5H3,(H,32,36). The van der Waals surface area contributed by atoms with Crippen molar-refractivity contribution < 1.29 is 9.32 Å². The Morgan fingerprint density at radius 1 is 1.03 bits per heavy atom. The molecule has 0 spiro atoms. The summed E-state index contributed by atoms with van der Waals surface area (Å²) in [4.78, 5) is 27.4. The van der Waals surface area contributed by atoms with E-state index in [-0.39, 0.29) is 17.9 Å². The molecule has 9 nitrogen and oxygen atoms in total. The Morgan fingerprint density at radius 3 is 2.54 bits per heavy atom. The van der Waals surface area contributed by atoms with Gasteiger partial charge in [0.1, 0.15) is 6.04 Å². The van der Waals surface area contributed by atoms with E-state index in [1.807, 2.05) is 81.8 Å². The maximum atomic E-state index is 13.8. The third-order valence-electron chi connectivity index (χ3n) is 6.30. The van der Waals surface area contributed by atoms with Crippen molar-refractivity contribution in [1.29, 1.82) is 0 Å². The number of rotatable bonds is 7. The van der Waals surface area contributed by atoms with Crippen molar-refractivity contribution in [3.8, 4) is 22.6 Å². The Morgan fingerprint density at radius 2 is 1.84 bits per heavy atom. The van der Waals surface area contributed by atoms with E-state index in [1.165, 1.54) is 0 Å². The molecule has 1 N–H and O–H groups in total. The number of aromatic nitrogens is 6. The minimum atomic E-state index is -0.490. The quantitative estimate of drug-likeness (QED) is 0.315. The Labute approximate surface area is 215 Å². The molecule has 4 heterocycles. The van der Waals surface area contributed by atoms with Crippen LogP contribution in [0.15, 0.2) is 65.6 Å². The van der Waals surface area contributed by atoms with E-state index >= 15 is 0 Å². The number of carbonyl (C=O) groups excluding carboxylic acids is 1. The lowest BCUT2D eigenvalue weighted by Crippen LogP contribution is -2.32. The molecule has 1 aromatic carbocycles. The first-order valence-electron chi connectivity index (χ1n) is 12.3. The van der Waals surface area contributed by atoms with Gasteiger partial charge in [0.15, 0.2) is 5.65 Å². The van der Waals surface area contributed by atoms with E-state index in [0.717, 1.165) is 22.4 Å². The van der Waals surface area contributed by atoms with Crippen LogP contribution in [0.1, 0.15) is 61.6 Å². The highest BCUT2D eigenvalue weighted by Gasteiger charge is 2.27. The van der Waals surface area contributed by atoms with Crippen LogP contribution in [0.3, 0.4) is 0 Å². The second kappa shape index (κ2) is 9.93. The number of carbonyl (C=O) groups is 1. The molecule has 0 radical (unpaired) electrons. The molecule has 188 valence electrons. The highest BCUT2D eigenvalue weighted by molar-refractivity contribution is 6.06. The van der Waals surface area contributed by atoms with E-state index in [1.54, 1.807) is 18.6 Å². The van der Waals surface area contributed by atoms with E-state index in [0.29, 0.717) is 28.3 Å². The molecule has 5 rings (SSSR count). The zero-order valence-electron chi connectivity index (χ0n) is 21.5. The highest BCUT2D eigenvalue weighted by atomic mass is 16.5. The summed E-state index contributed by atoms with van der Waals surface area (Å²) in [6.45, 7) is 10.1. The van der Waals surface area contributed by atoms with Gasteiger partial charge in [0, 0.05) is 29.6 Å². The van der Waals surface area contributed by atoms with Crippen LogP contribution in [0.5, 0.6) is 0 Å². The topological polar surface area (TPSA) is 112 Å². The number of hydrogen-bond acceptors (Lipinski definition) is 7. The van der Waals surface area contributed by atoms with Gasteiger partial charge in [0.25, 0.3) is 5.91 Å². The number of pyridine rings is 2. The fourth-order valence-corrected chi connectivity index (χ4v) is 4.29. The van der Waals surface area contributed by atoms with Gasteiger partial charge in [-0.3, -0.25) is 9.78 Å². The molecule has 5 aromatic rings. The first-order valence-corrected chi connectivity index (χ1v) is 12.3. The molecular weight excluding hydrogens is 466 g/mol. The maximum Gasteiger partial charge on any atom is 0.252 e. The van der Waals surface area contributed by atoms with Crippen LogP contribution < -0.4 is 5.32 Å². The van der Waals surface area contributed by atoms with Crippen LogP contribution in [0.4, 0.5) is 0 Å². The molecule has 0 aliphatic rings. The highest BCUT2D eigenvalue weighted by Crippen LogP contribution is 2.30. The lowest BCUT2D eigenvalue weighted by molar-refractivity contribution is 0.0915. The summed E-state index contributed by atoms with van der Waals surface area (Å²) in [6, 6.07) is 13.1. The Kier molecular flexibility index (Phi) is 6.52. The van der Waals surface area contributed by atoms with Gasteiger partial charge in [0.05, 0.1) is 22.8 Å². The summed E-state index contributed by atoms with van der Waals surface area (Å²) >= 11 is 0. The van der Waals surface area contributed by atoms with Crippen LogP contribution in [-0.2, 0) is 0 Å². The molecule has 1 amide bonds. The van der Waals surface area contributed by atoms with Crippen LogP contribution in [0.2, 0.25) is 0 Å². The summed E-state index contributed by atoms with van der Waals surface area (Å²) in [6.07, 6.45) is 5.06. The fourth-order valence-electron chi connectivity index (χ4n) is 4.29. The fraction of sp³-hybridized carbons (Fsp3) is 0.286. The first kappa shape index (κ1) is 24.3. The largest absolute Gasteiger partial charge is 0.340 e. The predicted molar refractivity (Wildman–Crippen MR) is 141 cm³/mol. The molecule has 0 aliphatic heterocycles. The van der Waals surface area contributed by atoms with Gasteiger partial charge in [-0.25, -0.2) is 9.67 Å². The van der Waals surface area contributed by atoms with Crippen molar-refractivity contribution in [2.75, 3.05) is 0 Å². The minimum absolute atomic E-state index is 0.00213. The number of hydrogen-bond donors (Lipinski definition) is 1. The average Bonchev–Trinajstić information content (AvgIpc) is 3.55. The van der Waals surface area contributed by atoms with E-state index < -0.39 is 6.04 Å². The maximum absolute atomic E-state index is 13.8. The number of amides is 1. The van der Waals surface area contributed by atoms with E-state index in [9.17, 15) is 4.79 Å². The summed E-state index contributed by atoms with van der Waals surface area (Å²) in [5.74, 6) is 0.502. The second-order valence-corrected chi connectivity index (χ2v) is 9.68. The predicted octanol–water partition coefficient (Wildman–Crippen LogP) is 5.56. The van der Waals surface area contributed by atoms with Crippen LogP contribution >= 0.6 is 0 Å². The lowest BCUT2D eigenvalue weighted by Gasteiger charge is -2.19. The number of nitrogens with one attached hydrogen (secondary N) is 1. The van der Waals surface area contributed by atoms with Gasteiger partial charge < -0.3 is 9.84 Å². The SMILES string of the molecule is Cc1ccccc1-c1cc(C(=O)NC(c2nc(-c3cccnc3)no2)C(C)C)c2cnn(C(C)C)c2n1. The van der Waals surface area contributed by atoms with Crippen molar-refractivity contribution in [3.63, 3.8) is 0 Å². The van der Waals surface area contributed by atoms with Gasteiger partial charge >= 0.3 is 0 Å². The molecule has 0 aliphatic carbocycles. The van der Waals surface area contributed by atoms with Crippen molar-refractivity contribution in [1.82, 2.24) is 35.2 Å². The number of fused-ring (bicyclic) bond motifs is 1.